The van der Waals surface area contributed by atoms with Gasteiger partial charge in [0.05, 0.1) is 12.1 Å². The molecule has 46 heavy (non-hydrogen) atoms. The third-order valence-corrected chi connectivity index (χ3v) is 12.7. The normalized spacial score (nSPS) is 30.4. The van der Waals surface area contributed by atoms with Crippen LogP contribution in [0, 0.1) is 50.2 Å². The molecule has 0 unspecified atom stereocenters. The van der Waals surface area contributed by atoms with Crippen molar-refractivity contribution in [1.82, 2.24) is 4.90 Å². The number of carbonyl (C=O) groups excluding carboxylic acids is 3. The fraction of sp³-hybridized carbons (Fsp3) is 0.795. The minimum absolute atomic E-state index is 0.0154. The van der Waals surface area contributed by atoms with Crippen molar-refractivity contribution < 1.29 is 23.2 Å². The summed E-state index contributed by atoms with van der Waals surface area (Å²) in [5.74, 6) is -3.40. The van der Waals surface area contributed by atoms with Crippen molar-refractivity contribution in [2.24, 2.45) is 38.9 Å². The Bertz CT molecular complexity index is 1290. The number of nitrogens with zero attached hydrogens (tertiary/aromatic N) is 2. The van der Waals surface area contributed by atoms with E-state index in [2.05, 4.69) is 61.5 Å². The Balaban J connectivity index is 1.92. The molecular formula is C39H60F2N2O3. The number of alkyl halides is 2. The largest absolute Gasteiger partial charge is 0.336 e. The summed E-state index contributed by atoms with van der Waals surface area (Å²) >= 11 is 0. The predicted octanol–water partition coefficient (Wildman–Crippen LogP) is 9.66. The Morgan fingerprint density at radius 1 is 1.04 bits per heavy atom. The summed E-state index contributed by atoms with van der Waals surface area (Å²) in [6.45, 7) is 21.1. The fourth-order valence-electron chi connectivity index (χ4n) is 8.96. The van der Waals surface area contributed by atoms with E-state index in [1.807, 2.05) is 13.0 Å². The number of hydrogen-bond acceptors (Lipinski definition) is 4. The average molecular weight is 643 g/mol. The second-order valence-electron chi connectivity index (χ2n) is 17.3. The van der Waals surface area contributed by atoms with Crippen molar-refractivity contribution >= 4 is 17.5 Å². The van der Waals surface area contributed by atoms with Crippen LogP contribution in [0.25, 0.3) is 0 Å². The first-order valence-corrected chi connectivity index (χ1v) is 17.6. The minimum atomic E-state index is -2.80. The van der Waals surface area contributed by atoms with Crippen LogP contribution < -0.4 is 0 Å². The molecule has 5 nitrogen and oxygen atoms in total. The standard InChI is InChI=1S/C39H60F2N2O3/c1-11-14-34(4,5)17-19-36(8,15-13-32(45)43-22-21-39(40,41)26-43)20-18-35(6,7)38(10)16-12-30-28(3)33(46)29(25-42)24-37(30,9)31(38)23-27(2)44/h23-24,28,30H,11-22,26H2,1-10H3/b31-23-/t28-,30-,36-,37-,38+/m0/s1. The third kappa shape index (κ3) is 8.01. The number of allylic oxidation sites excluding steroid dienone is 4. The van der Waals surface area contributed by atoms with Crippen molar-refractivity contribution in [3.8, 4) is 6.07 Å². The molecule has 0 spiro atoms. The van der Waals surface area contributed by atoms with E-state index >= 15 is 0 Å². The van der Waals surface area contributed by atoms with E-state index in [-0.39, 0.29) is 75.9 Å². The van der Waals surface area contributed by atoms with Crippen LogP contribution in [0.5, 0.6) is 0 Å². The van der Waals surface area contributed by atoms with Crippen molar-refractivity contribution in [3.63, 3.8) is 0 Å². The first-order valence-electron chi connectivity index (χ1n) is 17.6. The van der Waals surface area contributed by atoms with Gasteiger partial charge in [-0.15, -0.1) is 0 Å². The molecule has 7 heteroatoms. The highest BCUT2D eigenvalue weighted by molar-refractivity contribution is 6.02. The van der Waals surface area contributed by atoms with Crippen molar-refractivity contribution in [1.29, 1.82) is 5.26 Å². The molecule has 1 saturated carbocycles. The lowest BCUT2D eigenvalue weighted by atomic mass is 9.44. The van der Waals surface area contributed by atoms with Gasteiger partial charge in [-0.05, 0) is 91.9 Å². The van der Waals surface area contributed by atoms with Crippen LogP contribution >= 0.6 is 0 Å². The van der Waals surface area contributed by atoms with Gasteiger partial charge in [0.25, 0.3) is 5.92 Å². The molecule has 0 N–H and O–H groups in total. The van der Waals surface area contributed by atoms with Gasteiger partial charge in [-0.1, -0.05) is 80.4 Å². The van der Waals surface area contributed by atoms with Crippen molar-refractivity contribution in [2.45, 2.75) is 146 Å². The first kappa shape index (κ1) is 38.1. The van der Waals surface area contributed by atoms with E-state index in [0.717, 1.165) is 56.9 Å². The molecule has 1 heterocycles. The lowest BCUT2D eigenvalue weighted by Crippen LogP contribution is -2.52. The molecule has 2 fully saturated rings. The van der Waals surface area contributed by atoms with E-state index in [1.54, 1.807) is 13.0 Å². The predicted molar refractivity (Wildman–Crippen MR) is 180 cm³/mol. The number of carbonyl (C=O) groups is 3. The van der Waals surface area contributed by atoms with E-state index in [1.165, 1.54) is 4.90 Å². The minimum Gasteiger partial charge on any atom is -0.336 e. The first-order chi connectivity index (χ1) is 21.1. The Kier molecular flexibility index (Phi) is 11.3. The summed E-state index contributed by atoms with van der Waals surface area (Å²) in [5.41, 5.74) is -0.0199. The zero-order chi connectivity index (χ0) is 34.9. The number of fused-ring (bicyclic) bond motifs is 1. The molecule has 5 atom stereocenters. The van der Waals surface area contributed by atoms with Gasteiger partial charge in [-0.3, -0.25) is 14.4 Å². The van der Waals surface area contributed by atoms with E-state index in [4.69, 9.17) is 0 Å². The van der Waals surface area contributed by atoms with Crippen LogP contribution in [0.15, 0.2) is 23.3 Å². The number of halogens is 2. The summed E-state index contributed by atoms with van der Waals surface area (Å²) in [4.78, 5) is 40.2. The molecule has 0 aromatic rings. The lowest BCUT2D eigenvalue weighted by Gasteiger charge is -2.59. The van der Waals surface area contributed by atoms with E-state index in [0.29, 0.717) is 6.42 Å². The molecule has 1 aliphatic heterocycles. The van der Waals surface area contributed by atoms with Crippen LogP contribution in [0.4, 0.5) is 8.78 Å². The highest BCUT2D eigenvalue weighted by Crippen LogP contribution is 2.65. The SMILES string of the molecule is CCCC(C)(C)CC[C@](C)(CCC(=O)N1CCC(F)(F)C1)CCC(C)(C)[C@]1(C)CC[C@H]2[C@H](C)C(=O)C(C#N)=C[C@]2(C)/C1=C/C(C)=O. The van der Waals surface area contributed by atoms with Gasteiger partial charge in [0.15, 0.2) is 11.6 Å². The Hall–Kier alpha value is -2.36. The summed E-state index contributed by atoms with van der Waals surface area (Å²) in [6, 6.07) is 2.14. The second-order valence-corrected chi connectivity index (χ2v) is 17.3. The molecule has 1 amide bonds. The maximum absolute atomic E-state index is 13.9. The second kappa shape index (κ2) is 13.6. The lowest BCUT2D eigenvalue weighted by molar-refractivity contribution is -0.132. The monoisotopic (exact) mass is 642 g/mol. The van der Waals surface area contributed by atoms with Crippen LogP contribution in [-0.2, 0) is 14.4 Å². The van der Waals surface area contributed by atoms with Crippen LogP contribution in [0.2, 0.25) is 0 Å². The molecule has 0 aromatic carbocycles. The molecule has 3 rings (SSSR count). The summed E-state index contributed by atoms with van der Waals surface area (Å²) < 4.78 is 27.8. The van der Waals surface area contributed by atoms with Crippen LogP contribution in [-0.4, -0.2) is 41.4 Å². The Morgan fingerprint density at radius 3 is 2.22 bits per heavy atom. The van der Waals surface area contributed by atoms with Gasteiger partial charge in [-0.25, -0.2) is 8.78 Å². The molecular weight excluding hydrogens is 582 g/mol. The molecule has 0 bridgehead atoms. The van der Waals surface area contributed by atoms with Gasteiger partial charge in [0.1, 0.15) is 6.07 Å². The zero-order valence-corrected chi connectivity index (χ0v) is 30.4. The van der Waals surface area contributed by atoms with Crippen molar-refractivity contribution in [2.75, 3.05) is 13.1 Å². The number of nitriles is 1. The molecule has 1 saturated heterocycles. The average Bonchev–Trinajstić information content (AvgIpc) is 3.33. The molecule has 3 aliphatic rings. The molecule has 0 aromatic heterocycles. The van der Waals surface area contributed by atoms with Crippen LogP contribution in [0.3, 0.4) is 0 Å². The number of ketones is 2. The van der Waals surface area contributed by atoms with E-state index in [9.17, 15) is 28.4 Å². The van der Waals surface area contributed by atoms with Gasteiger partial charge in [0, 0.05) is 30.7 Å². The number of amides is 1. The van der Waals surface area contributed by atoms with Gasteiger partial charge >= 0.3 is 0 Å². The third-order valence-electron chi connectivity index (χ3n) is 12.7. The van der Waals surface area contributed by atoms with Crippen LogP contribution in [0.1, 0.15) is 140 Å². The van der Waals surface area contributed by atoms with Gasteiger partial charge in [0.2, 0.25) is 5.91 Å². The Morgan fingerprint density at radius 2 is 1.67 bits per heavy atom. The van der Waals surface area contributed by atoms with Crippen molar-refractivity contribution in [3.05, 3.63) is 23.3 Å². The summed E-state index contributed by atoms with van der Waals surface area (Å²) in [6.07, 6.45) is 11.8. The van der Waals surface area contributed by atoms with E-state index < -0.39 is 17.9 Å². The summed E-state index contributed by atoms with van der Waals surface area (Å²) in [7, 11) is 0. The highest BCUT2D eigenvalue weighted by Gasteiger charge is 2.58. The maximum atomic E-state index is 13.9. The topological polar surface area (TPSA) is 78.2 Å². The highest BCUT2D eigenvalue weighted by atomic mass is 19.3. The number of likely N-dealkylation sites (tertiary alicyclic amines) is 1. The van der Waals surface area contributed by atoms with Gasteiger partial charge in [-0.2, -0.15) is 5.26 Å². The van der Waals surface area contributed by atoms with Gasteiger partial charge < -0.3 is 4.90 Å². The molecule has 258 valence electrons. The maximum Gasteiger partial charge on any atom is 0.267 e. The molecule has 2 aliphatic carbocycles. The number of Topliss-reactive ketones (excluding diaryl/α,β-unsaturated/α-hetero) is 1. The number of hydrogen-bond donors (Lipinski definition) is 0. The quantitative estimate of drug-likeness (QED) is 0.187. The smallest absolute Gasteiger partial charge is 0.267 e. The summed E-state index contributed by atoms with van der Waals surface area (Å²) in [5, 5.41) is 9.85. The zero-order valence-electron chi connectivity index (χ0n) is 30.4. The fourth-order valence-corrected chi connectivity index (χ4v) is 8.96. The number of rotatable bonds is 13. The molecule has 0 radical (unpaired) electrons. The Labute approximate surface area is 277 Å².